The standard InChI is InChI=1S/C13H20BrN/c1-3-4-7-10-15-11(2)12-8-5-6-9-13(12)14/h5-6,8-9,11,15H,3-4,7,10H2,1-2H3. The molecular formula is C13H20BrN. The van der Waals surface area contributed by atoms with Crippen LogP contribution in [0.2, 0.25) is 0 Å². The van der Waals surface area contributed by atoms with Crippen molar-refractivity contribution in [3.63, 3.8) is 0 Å². The molecule has 0 radical (unpaired) electrons. The zero-order chi connectivity index (χ0) is 11.1. The van der Waals surface area contributed by atoms with E-state index < -0.39 is 0 Å². The first-order valence-corrected chi connectivity index (χ1v) is 6.52. The van der Waals surface area contributed by atoms with Gasteiger partial charge in [-0.2, -0.15) is 0 Å². The normalized spacial score (nSPS) is 12.7. The summed E-state index contributed by atoms with van der Waals surface area (Å²) in [5, 5.41) is 3.54. The molecule has 15 heavy (non-hydrogen) atoms. The molecule has 1 aromatic carbocycles. The molecule has 2 heteroatoms. The molecule has 1 aromatic rings. The minimum absolute atomic E-state index is 0.428. The van der Waals surface area contributed by atoms with E-state index >= 15 is 0 Å². The van der Waals surface area contributed by atoms with Gasteiger partial charge in [-0.25, -0.2) is 0 Å². The second kappa shape index (κ2) is 7.02. The van der Waals surface area contributed by atoms with Crippen LogP contribution in [0.4, 0.5) is 0 Å². The Labute approximate surface area is 101 Å². The number of nitrogens with one attached hydrogen (secondary N) is 1. The van der Waals surface area contributed by atoms with Gasteiger partial charge in [-0.3, -0.25) is 0 Å². The van der Waals surface area contributed by atoms with Crippen molar-refractivity contribution in [3.05, 3.63) is 34.3 Å². The SMILES string of the molecule is CCCCCNC(C)c1ccccc1Br. The third kappa shape index (κ3) is 4.35. The summed E-state index contributed by atoms with van der Waals surface area (Å²) in [7, 11) is 0. The minimum Gasteiger partial charge on any atom is -0.310 e. The Morgan fingerprint density at radius 2 is 2.00 bits per heavy atom. The van der Waals surface area contributed by atoms with Gasteiger partial charge in [0.1, 0.15) is 0 Å². The van der Waals surface area contributed by atoms with Crippen LogP contribution in [-0.2, 0) is 0 Å². The molecule has 0 heterocycles. The zero-order valence-electron chi connectivity index (χ0n) is 9.59. The molecule has 1 unspecified atom stereocenters. The highest BCUT2D eigenvalue weighted by atomic mass is 79.9. The average Bonchev–Trinajstić information content (AvgIpc) is 2.25. The van der Waals surface area contributed by atoms with Gasteiger partial charge < -0.3 is 5.32 Å². The van der Waals surface area contributed by atoms with Crippen molar-refractivity contribution in [1.82, 2.24) is 5.32 Å². The summed E-state index contributed by atoms with van der Waals surface area (Å²) >= 11 is 3.58. The van der Waals surface area contributed by atoms with E-state index in [-0.39, 0.29) is 0 Å². The monoisotopic (exact) mass is 269 g/mol. The van der Waals surface area contributed by atoms with Gasteiger partial charge in [0.25, 0.3) is 0 Å². The molecule has 0 bridgehead atoms. The predicted octanol–water partition coefficient (Wildman–Crippen LogP) is 4.29. The van der Waals surface area contributed by atoms with E-state index in [1.54, 1.807) is 0 Å². The van der Waals surface area contributed by atoms with E-state index in [1.165, 1.54) is 29.3 Å². The summed E-state index contributed by atoms with van der Waals surface area (Å²) < 4.78 is 1.19. The van der Waals surface area contributed by atoms with E-state index in [4.69, 9.17) is 0 Å². The molecule has 0 aliphatic heterocycles. The lowest BCUT2D eigenvalue weighted by Crippen LogP contribution is -2.20. The lowest BCUT2D eigenvalue weighted by Gasteiger charge is -2.15. The van der Waals surface area contributed by atoms with Gasteiger partial charge in [-0.15, -0.1) is 0 Å². The Balaban J connectivity index is 2.40. The van der Waals surface area contributed by atoms with Crippen LogP contribution in [0.1, 0.15) is 44.7 Å². The van der Waals surface area contributed by atoms with E-state index in [0.29, 0.717) is 6.04 Å². The maximum atomic E-state index is 3.58. The fourth-order valence-electron chi connectivity index (χ4n) is 1.63. The Bertz CT molecular complexity index is 286. The third-order valence-corrected chi connectivity index (χ3v) is 3.32. The van der Waals surface area contributed by atoms with Crippen LogP contribution in [0.5, 0.6) is 0 Å². The first-order chi connectivity index (χ1) is 7.25. The quantitative estimate of drug-likeness (QED) is 0.760. The first kappa shape index (κ1) is 12.7. The summed E-state index contributed by atoms with van der Waals surface area (Å²) in [6, 6.07) is 8.83. The molecule has 0 fully saturated rings. The number of hydrogen-bond donors (Lipinski definition) is 1. The van der Waals surface area contributed by atoms with Crippen molar-refractivity contribution >= 4 is 15.9 Å². The van der Waals surface area contributed by atoms with Crippen LogP contribution >= 0.6 is 15.9 Å². The van der Waals surface area contributed by atoms with Crippen LogP contribution in [0.3, 0.4) is 0 Å². The molecule has 1 atom stereocenters. The van der Waals surface area contributed by atoms with Crippen LogP contribution in [0.25, 0.3) is 0 Å². The molecule has 1 rings (SSSR count). The van der Waals surface area contributed by atoms with Crippen LogP contribution in [0, 0.1) is 0 Å². The Morgan fingerprint density at radius 3 is 2.67 bits per heavy atom. The lowest BCUT2D eigenvalue weighted by atomic mass is 10.1. The summed E-state index contributed by atoms with van der Waals surface area (Å²) in [5.74, 6) is 0. The van der Waals surface area contributed by atoms with Crippen molar-refractivity contribution in [2.24, 2.45) is 0 Å². The minimum atomic E-state index is 0.428. The molecule has 0 aromatic heterocycles. The van der Waals surface area contributed by atoms with Gasteiger partial charge in [0.15, 0.2) is 0 Å². The van der Waals surface area contributed by atoms with E-state index in [1.807, 2.05) is 0 Å². The van der Waals surface area contributed by atoms with Gasteiger partial charge in [-0.1, -0.05) is 53.9 Å². The smallest absolute Gasteiger partial charge is 0.0302 e. The van der Waals surface area contributed by atoms with Gasteiger partial charge in [-0.05, 0) is 31.5 Å². The van der Waals surface area contributed by atoms with Gasteiger partial charge in [0, 0.05) is 10.5 Å². The van der Waals surface area contributed by atoms with E-state index in [9.17, 15) is 0 Å². The second-order valence-corrected chi connectivity index (χ2v) is 4.76. The number of unbranched alkanes of at least 4 members (excludes halogenated alkanes) is 2. The summed E-state index contributed by atoms with van der Waals surface area (Å²) in [4.78, 5) is 0. The van der Waals surface area contributed by atoms with E-state index in [0.717, 1.165) is 6.54 Å². The zero-order valence-corrected chi connectivity index (χ0v) is 11.2. The molecule has 0 spiro atoms. The second-order valence-electron chi connectivity index (χ2n) is 3.90. The fourth-order valence-corrected chi connectivity index (χ4v) is 2.26. The Hall–Kier alpha value is -0.340. The van der Waals surface area contributed by atoms with Crippen LogP contribution in [-0.4, -0.2) is 6.54 Å². The topological polar surface area (TPSA) is 12.0 Å². The highest BCUT2D eigenvalue weighted by molar-refractivity contribution is 9.10. The molecule has 0 aliphatic rings. The molecule has 0 amide bonds. The van der Waals surface area contributed by atoms with E-state index in [2.05, 4.69) is 59.4 Å². The van der Waals surface area contributed by atoms with Crippen molar-refractivity contribution in [3.8, 4) is 0 Å². The molecule has 0 saturated carbocycles. The van der Waals surface area contributed by atoms with Crippen LogP contribution in [0.15, 0.2) is 28.7 Å². The Kier molecular flexibility index (Phi) is 5.96. The molecular weight excluding hydrogens is 250 g/mol. The molecule has 0 saturated heterocycles. The van der Waals surface area contributed by atoms with Crippen molar-refractivity contribution in [2.45, 2.75) is 39.2 Å². The van der Waals surface area contributed by atoms with Gasteiger partial charge >= 0.3 is 0 Å². The highest BCUT2D eigenvalue weighted by Gasteiger charge is 2.06. The average molecular weight is 270 g/mol. The summed E-state index contributed by atoms with van der Waals surface area (Å²) in [5.41, 5.74) is 1.34. The summed E-state index contributed by atoms with van der Waals surface area (Å²) in [6.45, 7) is 5.56. The van der Waals surface area contributed by atoms with Gasteiger partial charge in [0.2, 0.25) is 0 Å². The number of halogens is 1. The number of benzene rings is 1. The number of rotatable bonds is 6. The van der Waals surface area contributed by atoms with Gasteiger partial charge in [0.05, 0.1) is 0 Å². The predicted molar refractivity (Wildman–Crippen MR) is 70.1 cm³/mol. The molecule has 1 nitrogen and oxygen atoms in total. The fraction of sp³-hybridized carbons (Fsp3) is 0.538. The molecule has 84 valence electrons. The van der Waals surface area contributed by atoms with Crippen molar-refractivity contribution < 1.29 is 0 Å². The Morgan fingerprint density at radius 1 is 1.27 bits per heavy atom. The molecule has 0 aliphatic carbocycles. The number of hydrogen-bond acceptors (Lipinski definition) is 1. The van der Waals surface area contributed by atoms with Crippen molar-refractivity contribution in [1.29, 1.82) is 0 Å². The highest BCUT2D eigenvalue weighted by Crippen LogP contribution is 2.22. The maximum Gasteiger partial charge on any atom is 0.0302 e. The lowest BCUT2D eigenvalue weighted by molar-refractivity contribution is 0.542. The maximum absolute atomic E-state index is 3.58. The molecule has 1 N–H and O–H groups in total. The largest absolute Gasteiger partial charge is 0.310 e. The third-order valence-electron chi connectivity index (χ3n) is 2.60. The van der Waals surface area contributed by atoms with Crippen LogP contribution < -0.4 is 5.32 Å². The van der Waals surface area contributed by atoms with Crippen molar-refractivity contribution in [2.75, 3.05) is 6.54 Å². The first-order valence-electron chi connectivity index (χ1n) is 5.73. The summed E-state index contributed by atoms with van der Waals surface area (Å²) in [6.07, 6.45) is 3.87.